The molecular weight excluding hydrogens is 422 g/mol. The monoisotopic (exact) mass is 447 g/mol. The van der Waals surface area contributed by atoms with Crippen molar-refractivity contribution in [2.45, 2.75) is 32.6 Å². The number of hydrogen-bond donors (Lipinski definition) is 2. The molecule has 1 aliphatic rings. The second-order valence-corrected chi connectivity index (χ2v) is 8.06. The van der Waals surface area contributed by atoms with E-state index in [0.29, 0.717) is 41.7 Å². The quantitative estimate of drug-likeness (QED) is 0.616. The highest BCUT2D eigenvalue weighted by atomic mass is 16.5. The summed E-state index contributed by atoms with van der Waals surface area (Å²) in [5.41, 5.74) is 2.69. The fourth-order valence-corrected chi connectivity index (χ4v) is 3.87. The number of nitrogens with zero attached hydrogens (tertiary/aromatic N) is 3. The van der Waals surface area contributed by atoms with Gasteiger partial charge in [-0.3, -0.25) is 14.4 Å². The summed E-state index contributed by atoms with van der Waals surface area (Å²) in [5.74, 6) is 0.578. The third kappa shape index (κ3) is 5.43. The Hall–Kier alpha value is -4.01. The van der Waals surface area contributed by atoms with Crippen molar-refractivity contribution in [2.24, 2.45) is 0 Å². The molecule has 0 spiro atoms. The molecule has 1 atom stereocenters. The summed E-state index contributed by atoms with van der Waals surface area (Å²) in [4.78, 5) is 41.7. The van der Waals surface area contributed by atoms with Crippen molar-refractivity contribution in [1.82, 2.24) is 15.0 Å². The number of carbonyl (C=O) groups excluding carboxylic acids is 3. The number of rotatable bonds is 5. The Morgan fingerprint density at radius 3 is 2.15 bits per heavy atom. The summed E-state index contributed by atoms with van der Waals surface area (Å²) in [6, 6.07) is 14.1. The van der Waals surface area contributed by atoms with Gasteiger partial charge in [-0.25, -0.2) is 0 Å². The van der Waals surface area contributed by atoms with E-state index in [4.69, 9.17) is 4.52 Å². The molecule has 3 aromatic rings. The van der Waals surface area contributed by atoms with Gasteiger partial charge in [-0.2, -0.15) is 4.98 Å². The maximum absolute atomic E-state index is 13.0. The van der Waals surface area contributed by atoms with Gasteiger partial charge in [0.15, 0.2) is 0 Å². The SMILES string of the molecule is CC(=O)Nc1ccc(C(=O)N2CCCC(c3nc(-c4ccc(NC(C)=O)cc4)no3)C2)cc1. The molecule has 1 fully saturated rings. The summed E-state index contributed by atoms with van der Waals surface area (Å²) in [6.07, 6.45) is 1.69. The fourth-order valence-electron chi connectivity index (χ4n) is 3.87. The van der Waals surface area contributed by atoms with Crippen molar-refractivity contribution < 1.29 is 18.9 Å². The molecule has 2 aromatic carbocycles. The number of likely N-dealkylation sites (tertiary alicyclic amines) is 1. The number of amides is 3. The van der Waals surface area contributed by atoms with Crippen molar-refractivity contribution in [3.05, 3.63) is 60.0 Å². The van der Waals surface area contributed by atoms with E-state index in [1.807, 2.05) is 12.1 Å². The van der Waals surface area contributed by atoms with E-state index in [1.165, 1.54) is 13.8 Å². The minimum atomic E-state index is -0.157. The van der Waals surface area contributed by atoms with Crippen LogP contribution in [-0.2, 0) is 9.59 Å². The molecule has 0 aliphatic carbocycles. The number of aromatic nitrogens is 2. The van der Waals surface area contributed by atoms with Crippen LogP contribution >= 0.6 is 0 Å². The average molecular weight is 447 g/mol. The second-order valence-electron chi connectivity index (χ2n) is 8.06. The van der Waals surface area contributed by atoms with Gasteiger partial charge in [-0.15, -0.1) is 0 Å². The van der Waals surface area contributed by atoms with Crippen molar-refractivity contribution in [3.63, 3.8) is 0 Å². The predicted octanol–water partition coefficient (Wildman–Crippen LogP) is 3.67. The zero-order chi connectivity index (χ0) is 23.4. The highest BCUT2D eigenvalue weighted by molar-refractivity contribution is 5.95. The average Bonchev–Trinajstić information content (AvgIpc) is 3.29. The van der Waals surface area contributed by atoms with Crippen molar-refractivity contribution in [1.29, 1.82) is 0 Å². The minimum absolute atomic E-state index is 0.0405. The molecule has 2 N–H and O–H groups in total. The van der Waals surface area contributed by atoms with Gasteiger partial charge in [-0.1, -0.05) is 5.16 Å². The van der Waals surface area contributed by atoms with Crippen LogP contribution in [-0.4, -0.2) is 45.9 Å². The van der Waals surface area contributed by atoms with E-state index in [9.17, 15) is 14.4 Å². The number of benzene rings is 2. The Bertz CT molecular complexity index is 1150. The molecule has 0 bridgehead atoms. The van der Waals surface area contributed by atoms with Crippen LogP contribution in [0.1, 0.15) is 48.9 Å². The van der Waals surface area contributed by atoms with Crippen LogP contribution in [0.3, 0.4) is 0 Å². The topological polar surface area (TPSA) is 117 Å². The standard InChI is InChI=1S/C24H25N5O4/c1-15(30)25-20-9-5-17(6-10-20)22-27-23(33-28-22)19-4-3-13-29(14-19)24(32)18-7-11-21(12-8-18)26-16(2)31/h5-12,19H,3-4,13-14H2,1-2H3,(H,25,30)(H,26,31). The molecule has 9 heteroatoms. The first kappa shape index (κ1) is 22.2. The van der Waals surface area contributed by atoms with Crippen LogP contribution < -0.4 is 10.6 Å². The van der Waals surface area contributed by atoms with Crippen LogP contribution in [0.25, 0.3) is 11.4 Å². The molecule has 2 heterocycles. The fraction of sp³-hybridized carbons (Fsp3) is 0.292. The van der Waals surface area contributed by atoms with Gasteiger partial charge in [0.1, 0.15) is 0 Å². The maximum Gasteiger partial charge on any atom is 0.253 e. The summed E-state index contributed by atoms with van der Waals surface area (Å²) >= 11 is 0. The van der Waals surface area contributed by atoms with Crippen molar-refractivity contribution in [3.8, 4) is 11.4 Å². The molecule has 9 nitrogen and oxygen atoms in total. The van der Waals surface area contributed by atoms with Gasteiger partial charge in [0.2, 0.25) is 23.5 Å². The van der Waals surface area contributed by atoms with Crippen LogP contribution in [0.15, 0.2) is 53.1 Å². The van der Waals surface area contributed by atoms with Gasteiger partial charge >= 0.3 is 0 Å². The van der Waals surface area contributed by atoms with Gasteiger partial charge in [0, 0.05) is 49.4 Å². The number of nitrogens with one attached hydrogen (secondary N) is 2. The number of piperidine rings is 1. The Balaban J connectivity index is 1.42. The molecular formula is C24H25N5O4. The molecule has 1 saturated heterocycles. The number of anilines is 2. The summed E-state index contributed by atoms with van der Waals surface area (Å²) in [7, 11) is 0. The van der Waals surface area contributed by atoms with Crippen molar-refractivity contribution in [2.75, 3.05) is 23.7 Å². The minimum Gasteiger partial charge on any atom is -0.339 e. The van der Waals surface area contributed by atoms with Gasteiger partial charge in [0.25, 0.3) is 5.91 Å². The first-order valence-electron chi connectivity index (χ1n) is 10.8. The van der Waals surface area contributed by atoms with E-state index in [-0.39, 0.29) is 23.6 Å². The van der Waals surface area contributed by atoms with E-state index in [0.717, 1.165) is 18.4 Å². The predicted molar refractivity (Wildman–Crippen MR) is 123 cm³/mol. The van der Waals surface area contributed by atoms with E-state index in [2.05, 4.69) is 20.8 Å². The van der Waals surface area contributed by atoms with Gasteiger partial charge in [0.05, 0.1) is 5.92 Å². The van der Waals surface area contributed by atoms with Gasteiger partial charge < -0.3 is 20.1 Å². The maximum atomic E-state index is 13.0. The van der Waals surface area contributed by atoms with Gasteiger partial charge in [-0.05, 0) is 61.4 Å². The summed E-state index contributed by atoms with van der Waals surface area (Å²) < 4.78 is 5.53. The molecule has 33 heavy (non-hydrogen) atoms. The first-order chi connectivity index (χ1) is 15.9. The van der Waals surface area contributed by atoms with E-state index in [1.54, 1.807) is 41.3 Å². The van der Waals surface area contributed by atoms with Crippen LogP contribution in [0, 0.1) is 0 Å². The van der Waals surface area contributed by atoms with E-state index >= 15 is 0 Å². The Morgan fingerprint density at radius 1 is 0.939 bits per heavy atom. The van der Waals surface area contributed by atoms with Crippen molar-refractivity contribution >= 4 is 29.1 Å². The highest BCUT2D eigenvalue weighted by Gasteiger charge is 2.29. The molecule has 0 radical (unpaired) electrons. The molecule has 3 amide bonds. The summed E-state index contributed by atoms with van der Waals surface area (Å²) in [5, 5.41) is 9.52. The molecule has 1 unspecified atom stereocenters. The van der Waals surface area contributed by atoms with Crippen LogP contribution in [0.5, 0.6) is 0 Å². The lowest BCUT2D eigenvalue weighted by atomic mass is 9.97. The normalized spacial score (nSPS) is 15.7. The zero-order valence-electron chi connectivity index (χ0n) is 18.5. The highest BCUT2D eigenvalue weighted by Crippen LogP contribution is 2.29. The third-order valence-electron chi connectivity index (χ3n) is 5.42. The number of hydrogen-bond acceptors (Lipinski definition) is 6. The summed E-state index contributed by atoms with van der Waals surface area (Å²) in [6.45, 7) is 4.05. The molecule has 4 rings (SSSR count). The smallest absolute Gasteiger partial charge is 0.253 e. The first-order valence-corrected chi connectivity index (χ1v) is 10.8. The lowest BCUT2D eigenvalue weighted by molar-refractivity contribution is -0.115. The van der Waals surface area contributed by atoms with E-state index < -0.39 is 0 Å². The lowest BCUT2D eigenvalue weighted by Crippen LogP contribution is -2.39. The Kier molecular flexibility index (Phi) is 6.48. The number of carbonyl (C=O) groups is 3. The molecule has 1 aromatic heterocycles. The Morgan fingerprint density at radius 2 is 1.55 bits per heavy atom. The van der Waals surface area contributed by atoms with Crippen LogP contribution in [0.2, 0.25) is 0 Å². The molecule has 0 saturated carbocycles. The second kappa shape index (κ2) is 9.64. The largest absolute Gasteiger partial charge is 0.339 e. The lowest BCUT2D eigenvalue weighted by Gasteiger charge is -2.31. The third-order valence-corrected chi connectivity index (χ3v) is 5.42. The zero-order valence-corrected chi connectivity index (χ0v) is 18.5. The molecule has 1 aliphatic heterocycles. The van der Waals surface area contributed by atoms with Crippen LogP contribution in [0.4, 0.5) is 11.4 Å². The molecule has 170 valence electrons. The Labute approximate surface area is 191 Å².